The number of nitrogens with two attached hydrogens (primary N) is 1. The van der Waals surface area contributed by atoms with Gasteiger partial charge in [-0.1, -0.05) is 22.0 Å². The molecule has 0 saturated carbocycles. The highest BCUT2D eigenvalue weighted by Gasteiger charge is 2.00. The summed E-state index contributed by atoms with van der Waals surface area (Å²) < 4.78 is 1.02. The number of benzene rings is 1. The largest absolute Gasteiger partial charge is 0.398 e. The Morgan fingerprint density at radius 2 is 2.29 bits per heavy atom. The fraction of sp³-hybridized carbons (Fsp3) is 0.250. The topological polar surface area (TPSA) is 50.9 Å². The lowest BCUT2D eigenvalue weighted by atomic mass is 10.2. The van der Waals surface area contributed by atoms with Gasteiger partial charge in [-0.05, 0) is 17.7 Å². The number of nitrogen functional groups attached to an aromatic ring is 1. The zero-order valence-corrected chi connectivity index (χ0v) is 11.7. The average molecular weight is 312 g/mol. The first-order valence-corrected chi connectivity index (χ1v) is 7.11. The standard InChI is InChI=1S/C12H14BrN3S/c13-10-2-1-9(12(14)5-10)6-15-4-3-11-7-17-8-16-11/h1-2,5,7-8,15H,3-4,6,14H2. The van der Waals surface area contributed by atoms with E-state index in [2.05, 4.69) is 31.6 Å². The van der Waals surface area contributed by atoms with Crippen molar-refractivity contribution < 1.29 is 0 Å². The fourth-order valence-corrected chi connectivity index (χ4v) is 2.50. The molecule has 0 spiro atoms. The minimum absolute atomic E-state index is 0.795. The second-order valence-corrected chi connectivity index (χ2v) is 5.38. The molecule has 0 aliphatic rings. The first-order chi connectivity index (χ1) is 8.25. The van der Waals surface area contributed by atoms with Crippen molar-refractivity contribution in [1.29, 1.82) is 0 Å². The van der Waals surface area contributed by atoms with Gasteiger partial charge in [-0.3, -0.25) is 0 Å². The van der Waals surface area contributed by atoms with E-state index in [-0.39, 0.29) is 0 Å². The molecule has 5 heteroatoms. The van der Waals surface area contributed by atoms with Crippen molar-refractivity contribution >= 4 is 33.0 Å². The lowest BCUT2D eigenvalue weighted by Crippen LogP contribution is -2.17. The number of thiazole rings is 1. The first kappa shape index (κ1) is 12.5. The van der Waals surface area contributed by atoms with Crippen molar-refractivity contribution in [3.63, 3.8) is 0 Å². The Morgan fingerprint density at radius 3 is 3.00 bits per heavy atom. The Labute approximate surface area is 113 Å². The van der Waals surface area contributed by atoms with Gasteiger partial charge in [0.05, 0.1) is 11.2 Å². The van der Waals surface area contributed by atoms with E-state index in [9.17, 15) is 0 Å². The second kappa shape index (κ2) is 6.14. The van der Waals surface area contributed by atoms with Crippen LogP contribution in [-0.4, -0.2) is 11.5 Å². The number of nitrogens with zero attached hydrogens (tertiary/aromatic N) is 1. The van der Waals surface area contributed by atoms with Crippen LogP contribution in [0.2, 0.25) is 0 Å². The van der Waals surface area contributed by atoms with Crippen LogP contribution in [-0.2, 0) is 13.0 Å². The maximum absolute atomic E-state index is 5.92. The minimum atomic E-state index is 0.795. The molecule has 0 bridgehead atoms. The molecule has 0 unspecified atom stereocenters. The third kappa shape index (κ3) is 3.80. The van der Waals surface area contributed by atoms with Gasteiger partial charge < -0.3 is 11.1 Å². The minimum Gasteiger partial charge on any atom is -0.398 e. The summed E-state index contributed by atoms with van der Waals surface area (Å²) in [5.41, 5.74) is 10.9. The van der Waals surface area contributed by atoms with Crippen LogP contribution < -0.4 is 11.1 Å². The van der Waals surface area contributed by atoms with Crippen molar-refractivity contribution in [3.05, 3.63) is 44.8 Å². The van der Waals surface area contributed by atoms with Crippen LogP contribution in [0.3, 0.4) is 0 Å². The normalized spacial score (nSPS) is 10.6. The Hall–Kier alpha value is -0.910. The number of hydrogen-bond donors (Lipinski definition) is 2. The van der Waals surface area contributed by atoms with Crippen molar-refractivity contribution in [2.75, 3.05) is 12.3 Å². The number of anilines is 1. The summed E-state index contributed by atoms with van der Waals surface area (Å²) in [4.78, 5) is 4.24. The Kier molecular flexibility index (Phi) is 4.53. The summed E-state index contributed by atoms with van der Waals surface area (Å²) in [6.07, 6.45) is 0.958. The maximum Gasteiger partial charge on any atom is 0.0794 e. The molecule has 0 atom stereocenters. The van der Waals surface area contributed by atoms with E-state index in [0.29, 0.717) is 0 Å². The Bertz CT molecular complexity index is 471. The lowest BCUT2D eigenvalue weighted by molar-refractivity contribution is 0.682. The molecule has 90 valence electrons. The van der Waals surface area contributed by atoms with E-state index < -0.39 is 0 Å². The molecule has 0 aliphatic carbocycles. The summed E-state index contributed by atoms with van der Waals surface area (Å²) in [5.74, 6) is 0. The average Bonchev–Trinajstić information content (AvgIpc) is 2.79. The van der Waals surface area contributed by atoms with Crippen LogP contribution in [0.25, 0.3) is 0 Å². The van der Waals surface area contributed by atoms with Gasteiger partial charge in [0.1, 0.15) is 0 Å². The van der Waals surface area contributed by atoms with E-state index in [1.54, 1.807) is 11.3 Å². The molecule has 3 N–H and O–H groups in total. The number of rotatable bonds is 5. The molecule has 17 heavy (non-hydrogen) atoms. The molecular weight excluding hydrogens is 298 g/mol. The van der Waals surface area contributed by atoms with Crippen molar-refractivity contribution in [1.82, 2.24) is 10.3 Å². The van der Waals surface area contributed by atoms with Gasteiger partial charge in [-0.2, -0.15) is 0 Å². The first-order valence-electron chi connectivity index (χ1n) is 5.37. The fourth-order valence-electron chi connectivity index (χ4n) is 1.53. The third-order valence-corrected chi connectivity index (χ3v) is 3.59. The molecule has 0 fully saturated rings. The molecule has 3 nitrogen and oxygen atoms in total. The summed E-state index contributed by atoms with van der Waals surface area (Å²) in [5, 5.41) is 5.45. The summed E-state index contributed by atoms with van der Waals surface area (Å²) in [6.45, 7) is 1.71. The van der Waals surface area contributed by atoms with Crippen molar-refractivity contribution in [3.8, 4) is 0 Å². The SMILES string of the molecule is Nc1cc(Br)ccc1CNCCc1cscn1. The van der Waals surface area contributed by atoms with Crippen LogP contribution in [0.1, 0.15) is 11.3 Å². The van der Waals surface area contributed by atoms with E-state index in [1.807, 2.05) is 23.7 Å². The monoisotopic (exact) mass is 311 g/mol. The van der Waals surface area contributed by atoms with E-state index >= 15 is 0 Å². The molecule has 2 aromatic rings. The number of nitrogens with one attached hydrogen (secondary N) is 1. The summed E-state index contributed by atoms with van der Waals surface area (Å²) in [7, 11) is 0. The number of halogens is 1. The van der Waals surface area contributed by atoms with Gasteiger partial charge in [-0.25, -0.2) is 4.98 Å². The zero-order chi connectivity index (χ0) is 12.1. The molecule has 0 amide bonds. The summed E-state index contributed by atoms with van der Waals surface area (Å²) >= 11 is 5.03. The lowest BCUT2D eigenvalue weighted by Gasteiger charge is -2.07. The molecule has 1 aromatic heterocycles. The van der Waals surface area contributed by atoms with Crippen LogP contribution in [0.4, 0.5) is 5.69 Å². The van der Waals surface area contributed by atoms with Crippen molar-refractivity contribution in [2.45, 2.75) is 13.0 Å². The number of aromatic nitrogens is 1. The van der Waals surface area contributed by atoms with Crippen LogP contribution in [0.15, 0.2) is 33.6 Å². The second-order valence-electron chi connectivity index (χ2n) is 3.75. The maximum atomic E-state index is 5.92. The number of hydrogen-bond acceptors (Lipinski definition) is 4. The van der Waals surface area contributed by atoms with E-state index in [1.165, 1.54) is 0 Å². The molecular formula is C12H14BrN3S. The third-order valence-electron chi connectivity index (χ3n) is 2.46. The predicted molar refractivity (Wildman–Crippen MR) is 76.1 cm³/mol. The highest BCUT2D eigenvalue weighted by atomic mass is 79.9. The van der Waals surface area contributed by atoms with Gasteiger partial charge in [0.15, 0.2) is 0 Å². The Morgan fingerprint density at radius 1 is 1.41 bits per heavy atom. The quantitative estimate of drug-likeness (QED) is 0.659. The Balaban J connectivity index is 1.78. The van der Waals surface area contributed by atoms with Gasteiger partial charge in [0.25, 0.3) is 0 Å². The van der Waals surface area contributed by atoms with Gasteiger partial charge in [0.2, 0.25) is 0 Å². The summed E-state index contributed by atoms with van der Waals surface area (Å²) in [6, 6.07) is 5.97. The molecule has 0 radical (unpaired) electrons. The van der Waals surface area contributed by atoms with Crippen LogP contribution >= 0.6 is 27.3 Å². The van der Waals surface area contributed by atoms with Crippen LogP contribution in [0, 0.1) is 0 Å². The van der Waals surface area contributed by atoms with Crippen molar-refractivity contribution in [2.24, 2.45) is 0 Å². The smallest absolute Gasteiger partial charge is 0.0794 e. The van der Waals surface area contributed by atoms with Gasteiger partial charge in [-0.15, -0.1) is 11.3 Å². The molecule has 0 aliphatic heterocycles. The van der Waals surface area contributed by atoms with Crippen LogP contribution in [0.5, 0.6) is 0 Å². The highest BCUT2D eigenvalue weighted by Crippen LogP contribution is 2.18. The van der Waals surface area contributed by atoms with E-state index in [0.717, 1.165) is 40.9 Å². The molecule has 1 heterocycles. The van der Waals surface area contributed by atoms with E-state index in [4.69, 9.17) is 5.73 Å². The van der Waals surface area contributed by atoms with Gasteiger partial charge >= 0.3 is 0 Å². The molecule has 0 saturated heterocycles. The van der Waals surface area contributed by atoms with Gasteiger partial charge in [0, 0.05) is 35.1 Å². The highest BCUT2D eigenvalue weighted by molar-refractivity contribution is 9.10. The zero-order valence-electron chi connectivity index (χ0n) is 9.32. The molecule has 1 aromatic carbocycles. The predicted octanol–water partition coefficient (Wildman–Crippen LogP) is 2.82. The molecule has 2 rings (SSSR count).